The van der Waals surface area contributed by atoms with Crippen LogP contribution in [0.4, 0.5) is 0 Å². The molecule has 0 fully saturated rings. The van der Waals surface area contributed by atoms with Gasteiger partial charge in [0.2, 0.25) is 5.91 Å². The van der Waals surface area contributed by atoms with Crippen molar-refractivity contribution in [2.24, 2.45) is 0 Å². The third-order valence-corrected chi connectivity index (χ3v) is 2.96. The number of carbonyl (C=O) groups is 1. The smallest absolute Gasteiger partial charge is 0.234 e. The minimum atomic E-state index is -0.236. The lowest BCUT2D eigenvalue weighted by Crippen LogP contribution is -2.32. The second kappa shape index (κ2) is 7.78. The Labute approximate surface area is 119 Å². The van der Waals surface area contributed by atoms with Gasteiger partial charge >= 0.3 is 0 Å². The first-order chi connectivity index (χ1) is 9.02. The summed E-state index contributed by atoms with van der Waals surface area (Å²) < 4.78 is 0. The fourth-order valence-electron chi connectivity index (χ4n) is 1.83. The molecule has 1 atom stereocenters. The maximum absolute atomic E-state index is 11.4. The summed E-state index contributed by atoms with van der Waals surface area (Å²) in [7, 11) is 3.97. The van der Waals surface area contributed by atoms with Crippen molar-refractivity contribution in [2.75, 3.05) is 27.2 Å². The second-order valence-electron chi connectivity index (χ2n) is 4.65. The molecule has 5 heteroatoms. The Hall–Kier alpha value is -1.57. The van der Waals surface area contributed by atoms with Crippen LogP contribution in [0.15, 0.2) is 24.3 Å². The van der Waals surface area contributed by atoms with Crippen molar-refractivity contribution in [1.29, 1.82) is 5.26 Å². The van der Waals surface area contributed by atoms with Crippen LogP contribution in [-0.2, 0) is 4.79 Å². The standard InChI is InChI=1S/C14H18ClN3O/c1-18(2)10-12(9-17-14(19)7-8-16)11-3-5-13(15)6-4-11/h3-6,12H,7,9-10H2,1-2H3,(H,17,19)/t12-/m1/s1. The van der Waals surface area contributed by atoms with E-state index in [0.717, 1.165) is 12.1 Å². The van der Waals surface area contributed by atoms with E-state index in [4.69, 9.17) is 16.9 Å². The molecule has 19 heavy (non-hydrogen) atoms. The van der Waals surface area contributed by atoms with Crippen LogP contribution >= 0.6 is 11.6 Å². The highest BCUT2D eigenvalue weighted by atomic mass is 35.5. The van der Waals surface area contributed by atoms with E-state index in [2.05, 4.69) is 10.2 Å². The molecule has 0 bridgehead atoms. The Morgan fingerprint density at radius 2 is 2.05 bits per heavy atom. The Bertz CT molecular complexity index is 451. The molecular formula is C14H18ClN3O. The average Bonchev–Trinajstić information content (AvgIpc) is 2.35. The van der Waals surface area contributed by atoms with Crippen LogP contribution < -0.4 is 5.32 Å². The van der Waals surface area contributed by atoms with Gasteiger partial charge in [-0.1, -0.05) is 23.7 Å². The topological polar surface area (TPSA) is 56.1 Å². The van der Waals surface area contributed by atoms with E-state index < -0.39 is 0 Å². The van der Waals surface area contributed by atoms with Crippen molar-refractivity contribution < 1.29 is 4.79 Å². The number of carbonyl (C=O) groups excluding carboxylic acids is 1. The summed E-state index contributed by atoms with van der Waals surface area (Å²) in [6.45, 7) is 1.33. The monoisotopic (exact) mass is 279 g/mol. The molecule has 1 N–H and O–H groups in total. The van der Waals surface area contributed by atoms with Gasteiger partial charge in [0.05, 0.1) is 6.07 Å². The summed E-state index contributed by atoms with van der Waals surface area (Å²) in [5.74, 6) is -0.0601. The fourth-order valence-corrected chi connectivity index (χ4v) is 1.96. The van der Waals surface area contributed by atoms with Gasteiger partial charge in [0.25, 0.3) is 0 Å². The first-order valence-corrected chi connectivity index (χ1v) is 6.44. The molecule has 0 aliphatic rings. The molecular weight excluding hydrogens is 262 g/mol. The average molecular weight is 280 g/mol. The number of nitrogens with zero attached hydrogens (tertiary/aromatic N) is 2. The van der Waals surface area contributed by atoms with Crippen molar-refractivity contribution in [1.82, 2.24) is 10.2 Å². The lowest BCUT2D eigenvalue weighted by atomic mass is 9.98. The van der Waals surface area contributed by atoms with Crippen LogP contribution in [0.3, 0.4) is 0 Å². The second-order valence-corrected chi connectivity index (χ2v) is 5.09. The first kappa shape index (κ1) is 15.5. The van der Waals surface area contributed by atoms with Crippen molar-refractivity contribution in [3.05, 3.63) is 34.9 Å². The number of hydrogen-bond acceptors (Lipinski definition) is 3. The molecule has 0 aliphatic carbocycles. The molecule has 0 radical (unpaired) electrons. The molecule has 0 saturated heterocycles. The summed E-state index contributed by atoms with van der Waals surface area (Å²) in [5, 5.41) is 11.9. The molecule has 0 unspecified atom stereocenters. The minimum absolute atomic E-state index is 0.102. The molecule has 0 heterocycles. The van der Waals surface area contributed by atoms with Gasteiger partial charge in [-0.25, -0.2) is 0 Å². The van der Waals surface area contributed by atoms with E-state index in [-0.39, 0.29) is 18.2 Å². The van der Waals surface area contributed by atoms with Crippen molar-refractivity contribution in [3.63, 3.8) is 0 Å². The van der Waals surface area contributed by atoms with Gasteiger partial charge in [-0.15, -0.1) is 0 Å². The largest absolute Gasteiger partial charge is 0.355 e. The molecule has 1 aromatic carbocycles. The Morgan fingerprint density at radius 3 is 2.58 bits per heavy atom. The Morgan fingerprint density at radius 1 is 1.42 bits per heavy atom. The van der Waals surface area contributed by atoms with Crippen LogP contribution in [0.2, 0.25) is 5.02 Å². The number of benzene rings is 1. The highest BCUT2D eigenvalue weighted by Crippen LogP contribution is 2.18. The number of rotatable bonds is 6. The SMILES string of the molecule is CN(C)C[C@@H](CNC(=O)CC#N)c1ccc(Cl)cc1. The van der Waals surface area contributed by atoms with Gasteiger partial charge < -0.3 is 10.2 Å². The summed E-state index contributed by atoms with van der Waals surface area (Å²) in [6.07, 6.45) is -0.102. The molecule has 1 amide bonds. The molecule has 0 aromatic heterocycles. The fraction of sp³-hybridized carbons (Fsp3) is 0.429. The van der Waals surface area contributed by atoms with E-state index in [9.17, 15) is 4.79 Å². The van der Waals surface area contributed by atoms with E-state index in [1.54, 1.807) is 0 Å². The molecule has 102 valence electrons. The minimum Gasteiger partial charge on any atom is -0.355 e. The molecule has 4 nitrogen and oxygen atoms in total. The molecule has 0 saturated carbocycles. The van der Waals surface area contributed by atoms with Gasteiger partial charge in [-0.2, -0.15) is 5.26 Å². The van der Waals surface area contributed by atoms with Gasteiger partial charge in [-0.3, -0.25) is 4.79 Å². The predicted molar refractivity (Wildman–Crippen MR) is 76.0 cm³/mol. The van der Waals surface area contributed by atoms with Gasteiger partial charge in [0, 0.05) is 24.0 Å². The van der Waals surface area contributed by atoms with E-state index in [0.29, 0.717) is 11.6 Å². The summed E-state index contributed by atoms with van der Waals surface area (Å²) in [6, 6.07) is 9.46. The number of halogens is 1. The molecule has 1 aromatic rings. The number of nitrogens with one attached hydrogen (secondary N) is 1. The Balaban J connectivity index is 2.69. The number of hydrogen-bond donors (Lipinski definition) is 1. The van der Waals surface area contributed by atoms with Crippen molar-refractivity contribution in [3.8, 4) is 6.07 Å². The third-order valence-electron chi connectivity index (χ3n) is 2.71. The maximum Gasteiger partial charge on any atom is 0.234 e. The summed E-state index contributed by atoms with van der Waals surface area (Å²) in [4.78, 5) is 13.4. The maximum atomic E-state index is 11.4. The lowest BCUT2D eigenvalue weighted by molar-refractivity contribution is -0.120. The van der Waals surface area contributed by atoms with Crippen molar-refractivity contribution in [2.45, 2.75) is 12.3 Å². The van der Waals surface area contributed by atoms with Crippen LogP contribution in [-0.4, -0.2) is 38.0 Å². The molecule has 0 spiro atoms. The normalized spacial score (nSPS) is 11.9. The Kier molecular flexibility index (Phi) is 6.34. The van der Waals surface area contributed by atoms with Gasteiger partial charge in [-0.05, 0) is 31.8 Å². The summed E-state index contributed by atoms with van der Waals surface area (Å²) >= 11 is 5.87. The highest BCUT2D eigenvalue weighted by molar-refractivity contribution is 6.30. The van der Waals surface area contributed by atoms with E-state index >= 15 is 0 Å². The first-order valence-electron chi connectivity index (χ1n) is 6.06. The van der Waals surface area contributed by atoms with Crippen LogP contribution in [0, 0.1) is 11.3 Å². The third kappa shape index (κ3) is 5.73. The zero-order chi connectivity index (χ0) is 14.3. The summed E-state index contributed by atoms with van der Waals surface area (Å²) in [5.41, 5.74) is 1.12. The van der Waals surface area contributed by atoms with Crippen LogP contribution in [0.1, 0.15) is 17.9 Å². The highest BCUT2D eigenvalue weighted by Gasteiger charge is 2.14. The van der Waals surface area contributed by atoms with Crippen LogP contribution in [0.5, 0.6) is 0 Å². The zero-order valence-electron chi connectivity index (χ0n) is 11.2. The predicted octanol–water partition coefficient (Wildman–Crippen LogP) is 2.02. The lowest BCUT2D eigenvalue weighted by Gasteiger charge is -2.22. The van der Waals surface area contributed by atoms with Gasteiger partial charge in [0.15, 0.2) is 0 Å². The zero-order valence-corrected chi connectivity index (χ0v) is 11.9. The van der Waals surface area contributed by atoms with E-state index in [1.165, 1.54) is 0 Å². The molecule has 1 rings (SSSR count). The van der Waals surface area contributed by atoms with Crippen molar-refractivity contribution >= 4 is 17.5 Å². The number of likely N-dealkylation sites (N-methyl/N-ethyl adjacent to an activating group) is 1. The molecule has 0 aliphatic heterocycles. The van der Waals surface area contributed by atoms with E-state index in [1.807, 2.05) is 44.4 Å². The quantitative estimate of drug-likeness (QED) is 0.867. The number of amides is 1. The number of nitriles is 1. The van der Waals surface area contributed by atoms with Crippen LogP contribution in [0.25, 0.3) is 0 Å². The van der Waals surface area contributed by atoms with Gasteiger partial charge in [0.1, 0.15) is 6.42 Å².